The third kappa shape index (κ3) is 2.51. The van der Waals surface area contributed by atoms with Crippen LogP contribution in [0.4, 0.5) is 10.3 Å². The van der Waals surface area contributed by atoms with Crippen molar-refractivity contribution in [2.24, 2.45) is 0 Å². The van der Waals surface area contributed by atoms with E-state index in [4.69, 9.17) is 11.6 Å². The topological polar surface area (TPSA) is 114 Å². The minimum atomic E-state index is -0.584. The van der Waals surface area contributed by atoms with Gasteiger partial charge in [-0.25, -0.2) is 9.07 Å². The van der Waals surface area contributed by atoms with Crippen LogP contribution in [0.15, 0.2) is 18.2 Å². The second kappa shape index (κ2) is 5.48. The van der Waals surface area contributed by atoms with Crippen molar-refractivity contribution >= 4 is 23.5 Å². The van der Waals surface area contributed by atoms with Gasteiger partial charge in [0.2, 0.25) is 0 Å². The number of anilines is 1. The van der Waals surface area contributed by atoms with Gasteiger partial charge >= 0.3 is 0 Å². The quantitative estimate of drug-likeness (QED) is 0.747. The zero-order valence-corrected chi connectivity index (χ0v) is 11.8. The molecule has 22 heavy (non-hydrogen) atoms. The molecule has 0 unspecified atom stereocenters. The molecule has 112 valence electrons. The Bertz CT molecular complexity index is 831. The number of aromatic nitrogens is 7. The molecule has 1 aromatic carbocycles. The summed E-state index contributed by atoms with van der Waals surface area (Å²) in [5, 5.41) is 22.9. The van der Waals surface area contributed by atoms with Crippen molar-refractivity contribution in [2.75, 3.05) is 5.32 Å². The minimum absolute atomic E-state index is 0.00313. The maximum absolute atomic E-state index is 13.9. The van der Waals surface area contributed by atoms with Crippen LogP contribution in [0.5, 0.6) is 0 Å². The lowest BCUT2D eigenvalue weighted by Gasteiger charge is -2.05. The first kappa shape index (κ1) is 14.1. The average Bonchev–Trinajstić information content (AvgIpc) is 3.09. The molecule has 2 N–H and O–H groups in total. The van der Waals surface area contributed by atoms with E-state index in [0.29, 0.717) is 5.69 Å². The lowest BCUT2D eigenvalue weighted by Crippen LogP contribution is -2.15. The van der Waals surface area contributed by atoms with Gasteiger partial charge in [-0.15, -0.1) is 10.2 Å². The fourth-order valence-corrected chi connectivity index (χ4v) is 1.96. The highest BCUT2D eigenvalue weighted by Crippen LogP contribution is 2.20. The SMILES string of the molecule is Cc1c(C(=O)Nc2nn[nH]n2)nnn1-c1ccc(Cl)cc1F. The van der Waals surface area contributed by atoms with E-state index in [9.17, 15) is 9.18 Å². The Hall–Kier alpha value is -2.88. The molecule has 1 amide bonds. The van der Waals surface area contributed by atoms with Gasteiger partial charge in [-0.05, 0) is 30.3 Å². The van der Waals surface area contributed by atoms with Crippen LogP contribution in [0, 0.1) is 12.7 Å². The summed E-state index contributed by atoms with van der Waals surface area (Å²) in [5.74, 6) is -1.17. The summed E-state index contributed by atoms with van der Waals surface area (Å²) in [4.78, 5) is 12.1. The van der Waals surface area contributed by atoms with Crippen LogP contribution < -0.4 is 5.32 Å². The monoisotopic (exact) mass is 322 g/mol. The second-order valence-corrected chi connectivity index (χ2v) is 4.66. The molecule has 9 nitrogen and oxygen atoms in total. The molecule has 0 radical (unpaired) electrons. The molecule has 2 aromatic heterocycles. The summed E-state index contributed by atoms with van der Waals surface area (Å²) in [5.41, 5.74) is 0.495. The van der Waals surface area contributed by atoms with E-state index >= 15 is 0 Å². The first-order valence-electron chi connectivity index (χ1n) is 5.99. The number of H-pyrrole nitrogens is 1. The molecule has 11 heteroatoms. The molecule has 3 rings (SSSR count). The van der Waals surface area contributed by atoms with Crippen molar-refractivity contribution < 1.29 is 9.18 Å². The number of halogens is 2. The lowest BCUT2D eigenvalue weighted by molar-refractivity contribution is 0.102. The van der Waals surface area contributed by atoms with E-state index < -0.39 is 11.7 Å². The van der Waals surface area contributed by atoms with Crippen molar-refractivity contribution in [1.29, 1.82) is 0 Å². The lowest BCUT2D eigenvalue weighted by atomic mass is 10.2. The highest BCUT2D eigenvalue weighted by atomic mass is 35.5. The summed E-state index contributed by atoms with van der Waals surface area (Å²) < 4.78 is 15.1. The van der Waals surface area contributed by atoms with E-state index in [2.05, 4.69) is 36.3 Å². The normalized spacial score (nSPS) is 10.7. The molecule has 2 heterocycles. The van der Waals surface area contributed by atoms with Crippen molar-refractivity contribution in [2.45, 2.75) is 6.92 Å². The summed E-state index contributed by atoms with van der Waals surface area (Å²) >= 11 is 5.71. The first-order chi connectivity index (χ1) is 10.6. The molecule has 0 aliphatic carbocycles. The zero-order chi connectivity index (χ0) is 15.7. The van der Waals surface area contributed by atoms with E-state index in [1.54, 1.807) is 6.92 Å². The summed E-state index contributed by atoms with van der Waals surface area (Å²) in [6.07, 6.45) is 0. The zero-order valence-electron chi connectivity index (χ0n) is 11.1. The predicted octanol–water partition coefficient (Wildman–Crippen LogP) is 1.13. The van der Waals surface area contributed by atoms with Crippen LogP contribution in [0.3, 0.4) is 0 Å². The standard InChI is InChI=1S/C11H8ClFN8O/c1-5-9(10(22)14-11-16-18-19-17-11)15-20-21(5)8-3-2-6(12)4-7(8)13/h2-4H,1H3,(H2,14,16,17,18,19,22). The van der Waals surface area contributed by atoms with Gasteiger partial charge in [0.15, 0.2) is 5.69 Å². The molecule has 0 spiro atoms. The number of nitrogens with zero attached hydrogens (tertiary/aromatic N) is 6. The number of aromatic amines is 1. The van der Waals surface area contributed by atoms with Gasteiger partial charge in [-0.3, -0.25) is 10.1 Å². The largest absolute Gasteiger partial charge is 0.286 e. The number of carbonyl (C=O) groups is 1. The summed E-state index contributed by atoms with van der Waals surface area (Å²) in [6.45, 7) is 1.58. The molecule has 3 aromatic rings. The van der Waals surface area contributed by atoms with Gasteiger partial charge in [0.25, 0.3) is 11.9 Å². The van der Waals surface area contributed by atoms with Crippen molar-refractivity contribution in [3.63, 3.8) is 0 Å². The molecule has 0 saturated carbocycles. The van der Waals surface area contributed by atoms with Gasteiger partial charge in [-0.2, -0.15) is 5.21 Å². The van der Waals surface area contributed by atoms with Crippen molar-refractivity contribution in [3.8, 4) is 5.69 Å². The average molecular weight is 323 g/mol. The highest BCUT2D eigenvalue weighted by Gasteiger charge is 2.20. The predicted molar refractivity (Wildman–Crippen MR) is 73.2 cm³/mol. The van der Waals surface area contributed by atoms with Crippen molar-refractivity contribution in [3.05, 3.63) is 40.4 Å². The highest BCUT2D eigenvalue weighted by molar-refractivity contribution is 6.30. The second-order valence-electron chi connectivity index (χ2n) is 4.22. The number of nitrogens with one attached hydrogen (secondary N) is 2. The number of carbonyl (C=O) groups excluding carboxylic acids is 1. The van der Waals surface area contributed by atoms with Crippen LogP contribution in [0.2, 0.25) is 5.02 Å². The summed E-state index contributed by atoms with van der Waals surface area (Å²) in [7, 11) is 0. The number of hydrogen-bond donors (Lipinski definition) is 2. The smallest absolute Gasteiger partial charge is 0.280 e. The Morgan fingerprint density at radius 1 is 1.41 bits per heavy atom. The van der Waals surface area contributed by atoms with E-state index in [0.717, 1.165) is 6.07 Å². The third-order valence-corrected chi connectivity index (χ3v) is 3.05. The van der Waals surface area contributed by atoms with Gasteiger partial charge in [0.05, 0.1) is 5.69 Å². The van der Waals surface area contributed by atoms with Crippen molar-refractivity contribution in [1.82, 2.24) is 35.6 Å². The van der Waals surface area contributed by atoms with E-state index in [1.807, 2.05) is 0 Å². The van der Waals surface area contributed by atoms with Crippen LogP contribution >= 0.6 is 11.6 Å². The number of rotatable bonds is 3. The Morgan fingerprint density at radius 3 is 2.91 bits per heavy atom. The van der Waals surface area contributed by atoms with E-state index in [1.165, 1.54) is 16.8 Å². The molecule has 0 aliphatic rings. The Balaban J connectivity index is 1.93. The fourth-order valence-electron chi connectivity index (χ4n) is 1.80. The van der Waals surface area contributed by atoms with E-state index in [-0.39, 0.29) is 22.4 Å². The third-order valence-electron chi connectivity index (χ3n) is 2.82. The molecular weight excluding hydrogens is 315 g/mol. The first-order valence-corrected chi connectivity index (χ1v) is 6.36. The van der Waals surface area contributed by atoms with Gasteiger partial charge in [-0.1, -0.05) is 21.9 Å². The molecule has 0 bridgehead atoms. The maximum Gasteiger partial charge on any atom is 0.280 e. The minimum Gasteiger partial charge on any atom is -0.286 e. The molecule has 0 aliphatic heterocycles. The number of benzene rings is 1. The Kier molecular flexibility index (Phi) is 3.51. The molecule has 0 fully saturated rings. The van der Waals surface area contributed by atoms with Crippen LogP contribution in [0.1, 0.15) is 16.2 Å². The molecule has 0 atom stereocenters. The Labute approximate surface area is 127 Å². The fraction of sp³-hybridized carbons (Fsp3) is 0.0909. The molecular formula is C11H8ClFN8O. The number of tetrazole rings is 1. The summed E-state index contributed by atoms with van der Waals surface area (Å²) in [6, 6.07) is 4.11. The van der Waals surface area contributed by atoms with Crippen LogP contribution in [0.25, 0.3) is 5.69 Å². The molecule has 0 saturated heterocycles. The van der Waals surface area contributed by atoms with Gasteiger partial charge < -0.3 is 0 Å². The van der Waals surface area contributed by atoms with Crippen LogP contribution in [-0.2, 0) is 0 Å². The maximum atomic E-state index is 13.9. The van der Waals surface area contributed by atoms with Crippen LogP contribution in [-0.4, -0.2) is 41.5 Å². The van der Waals surface area contributed by atoms with Gasteiger partial charge in [0.1, 0.15) is 11.5 Å². The van der Waals surface area contributed by atoms with Gasteiger partial charge in [0, 0.05) is 5.02 Å². The number of hydrogen-bond acceptors (Lipinski definition) is 6. The number of amides is 1. The Morgan fingerprint density at radius 2 is 2.23 bits per heavy atom.